The predicted molar refractivity (Wildman–Crippen MR) is 72.8 cm³/mol. The van der Waals surface area contributed by atoms with Crippen molar-refractivity contribution in [2.24, 2.45) is 0 Å². The van der Waals surface area contributed by atoms with Crippen LogP contribution in [0.3, 0.4) is 0 Å². The van der Waals surface area contributed by atoms with E-state index in [1.807, 2.05) is 6.92 Å². The van der Waals surface area contributed by atoms with Crippen LogP contribution in [0, 0.1) is 18.6 Å². The number of aliphatic hydroxyl groups excluding tert-OH is 1. The number of hydrogen-bond donors (Lipinski definition) is 1. The van der Waals surface area contributed by atoms with Crippen molar-refractivity contribution in [3.8, 4) is 5.75 Å². The first-order valence-corrected chi connectivity index (χ1v) is 6.40. The number of benzene rings is 2. The molecule has 2 aromatic rings. The van der Waals surface area contributed by atoms with Gasteiger partial charge in [0.1, 0.15) is 11.9 Å². The number of aliphatic hydroxyl groups is 1. The Bertz CT molecular complexity index is 611. The Morgan fingerprint density at radius 1 is 1.15 bits per heavy atom. The summed E-state index contributed by atoms with van der Waals surface area (Å²) in [6.07, 6.45) is -1.23. The van der Waals surface area contributed by atoms with Gasteiger partial charge in [-0.25, -0.2) is 8.78 Å². The molecule has 0 aliphatic carbocycles. The summed E-state index contributed by atoms with van der Waals surface area (Å²) in [5.41, 5.74) is 0.585. The number of ether oxygens (including phenoxy) is 1. The largest absolute Gasteiger partial charge is 0.494 e. The summed E-state index contributed by atoms with van der Waals surface area (Å²) < 4.78 is 32.8. The lowest BCUT2D eigenvalue weighted by molar-refractivity contribution is 0.212. The minimum absolute atomic E-state index is 0.0817. The summed E-state index contributed by atoms with van der Waals surface area (Å²) >= 11 is 0. The van der Waals surface area contributed by atoms with Crippen LogP contribution in [-0.4, -0.2) is 11.7 Å². The predicted octanol–water partition coefficient (Wildman–Crippen LogP) is 3.75. The second kappa shape index (κ2) is 6.01. The lowest BCUT2D eigenvalue weighted by Gasteiger charge is -2.14. The summed E-state index contributed by atoms with van der Waals surface area (Å²) in [6.45, 7) is 3.81. The molecule has 0 heterocycles. The zero-order valence-electron chi connectivity index (χ0n) is 11.4. The van der Waals surface area contributed by atoms with Crippen LogP contribution in [0.5, 0.6) is 5.75 Å². The van der Waals surface area contributed by atoms with E-state index in [2.05, 4.69) is 0 Å². The van der Waals surface area contributed by atoms with Gasteiger partial charge in [-0.3, -0.25) is 0 Å². The molecule has 1 atom stereocenters. The van der Waals surface area contributed by atoms with E-state index >= 15 is 0 Å². The van der Waals surface area contributed by atoms with Gasteiger partial charge in [0.25, 0.3) is 0 Å². The van der Waals surface area contributed by atoms with Crippen LogP contribution in [0.4, 0.5) is 8.78 Å². The molecule has 4 heteroatoms. The molecule has 0 bridgehead atoms. The quantitative estimate of drug-likeness (QED) is 0.923. The van der Waals surface area contributed by atoms with E-state index in [1.165, 1.54) is 19.1 Å². The molecule has 0 radical (unpaired) electrons. The molecule has 1 unspecified atom stereocenters. The number of rotatable bonds is 4. The molecule has 1 N–H and O–H groups in total. The Kier molecular flexibility index (Phi) is 4.35. The average molecular weight is 278 g/mol. The van der Waals surface area contributed by atoms with E-state index in [0.29, 0.717) is 17.9 Å². The molecule has 0 fully saturated rings. The van der Waals surface area contributed by atoms with Gasteiger partial charge in [-0.1, -0.05) is 24.3 Å². The van der Waals surface area contributed by atoms with Gasteiger partial charge in [0.2, 0.25) is 0 Å². The van der Waals surface area contributed by atoms with E-state index < -0.39 is 17.7 Å². The summed E-state index contributed by atoms with van der Waals surface area (Å²) in [5, 5.41) is 10.2. The van der Waals surface area contributed by atoms with Crippen molar-refractivity contribution in [1.82, 2.24) is 0 Å². The lowest BCUT2D eigenvalue weighted by Crippen LogP contribution is -2.05. The molecule has 0 spiro atoms. The Labute approximate surface area is 116 Å². The number of halogens is 2. The maximum absolute atomic E-state index is 13.9. The molecule has 0 aliphatic heterocycles. The molecule has 0 aromatic heterocycles. The van der Waals surface area contributed by atoms with Crippen molar-refractivity contribution >= 4 is 0 Å². The van der Waals surface area contributed by atoms with Crippen LogP contribution in [0.25, 0.3) is 0 Å². The molecule has 0 saturated heterocycles. The smallest absolute Gasteiger partial charge is 0.165 e. The molecule has 0 amide bonds. The van der Waals surface area contributed by atoms with Crippen LogP contribution < -0.4 is 4.74 Å². The van der Waals surface area contributed by atoms with Crippen LogP contribution in [0.1, 0.15) is 29.7 Å². The Morgan fingerprint density at radius 2 is 1.90 bits per heavy atom. The summed E-state index contributed by atoms with van der Waals surface area (Å²) in [7, 11) is 0. The second-order valence-corrected chi connectivity index (χ2v) is 4.51. The number of hydrogen-bond acceptors (Lipinski definition) is 2. The molecular formula is C16H16F2O2. The first-order valence-electron chi connectivity index (χ1n) is 6.40. The average Bonchev–Trinajstić information content (AvgIpc) is 2.45. The van der Waals surface area contributed by atoms with Crippen LogP contribution >= 0.6 is 0 Å². The molecule has 20 heavy (non-hydrogen) atoms. The maximum Gasteiger partial charge on any atom is 0.165 e. The fourth-order valence-electron chi connectivity index (χ4n) is 1.99. The fraction of sp³-hybridized carbons (Fsp3) is 0.250. The molecule has 0 aliphatic rings. The SMILES string of the molecule is CCOc1cccc(C(O)c2ccc(C)c(F)c2F)c1. The van der Waals surface area contributed by atoms with Gasteiger partial charge in [-0.15, -0.1) is 0 Å². The zero-order valence-corrected chi connectivity index (χ0v) is 11.4. The molecule has 106 valence electrons. The summed E-state index contributed by atoms with van der Waals surface area (Å²) in [4.78, 5) is 0. The topological polar surface area (TPSA) is 29.5 Å². The summed E-state index contributed by atoms with van der Waals surface area (Å²) in [6, 6.07) is 9.54. The normalized spacial score (nSPS) is 12.2. The van der Waals surface area contributed by atoms with E-state index in [1.54, 1.807) is 24.3 Å². The van der Waals surface area contributed by atoms with Crippen LogP contribution in [0.15, 0.2) is 36.4 Å². The maximum atomic E-state index is 13.9. The third kappa shape index (κ3) is 2.80. The Balaban J connectivity index is 2.38. The van der Waals surface area contributed by atoms with E-state index in [9.17, 15) is 13.9 Å². The van der Waals surface area contributed by atoms with E-state index in [4.69, 9.17) is 4.74 Å². The molecular weight excluding hydrogens is 262 g/mol. The highest BCUT2D eigenvalue weighted by molar-refractivity contribution is 5.37. The first kappa shape index (κ1) is 14.5. The highest BCUT2D eigenvalue weighted by Gasteiger charge is 2.19. The van der Waals surface area contributed by atoms with Crippen molar-refractivity contribution in [2.45, 2.75) is 20.0 Å². The summed E-state index contributed by atoms with van der Waals surface area (Å²) in [5.74, 6) is -1.36. The standard InChI is InChI=1S/C16H16F2O2/c1-3-20-12-6-4-5-11(9-12)16(19)13-8-7-10(2)14(17)15(13)18/h4-9,16,19H,3H2,1-2H3. The van der Waals surface area contributed by atoms with Crippen molar-refractivity contribution in [3.05, 3.63) is 64.7 Å². The lowest BCUT2D eigenvalue weighted by atomic mass is 9.99. The van der Waals surface area contributed by atoms with Crippen molar-refractivity contribution in [2.75, 3.05) is 6.61 Å². The zero-order chi connectivity index (χ0) is 14.7. The van der Waals surface area contributed by atoms with Gasteiger partial charge >= 0.3 is 0 Å². The highest BCUT2D eigenvalue weighted by Crippen LogP contribution is 2.28. The van der Waals surface area contributed by atoms with Gasteiger partial charge in [0, 0.05) is 5.56 Å². The monoisotopic (exact) mass is 278 g/mol. The third-order valence-corrected chi connectivity index (χ3v) is 3.08. The minimum Gasteiger partial charge on any atom is -0.494 e. The van der Waals surface area contributed by atoms with Gasteiger partial charge in [-0.2, -0.15) is 0 Å². The fourth-order valence-corrected chi connectivity index (χ4v) is 1.99. The van der Waals surface area contributed by atoms with Gasteiger partial charge in [0.15, 0.2) is 11.6 Å². The third-order valence-electron chi connectivity index (χ3n) is 3.08. The van der Waals surface area contributed by atoms with Crippen molar-refractivity contribution < 1.29 is 18.6 Å². The molecule has 2 nitrogen and oxygen atoms in total. The highest BCUT2D eigenvalue weighted by atomic mass is 19.2. The van der Waals surface area contributed by atoms with Gasteiger partial charge in [0.05, 0.1) is 6.61 Å². The Hall–Kier alpha value is -1.94. The van der Waals surface area contributed by atoms with E-state index in [0.717, 1.165) is 0 Å². The second-order valence-electron chi connectivity index (χ2n) is 4.51. The van der Waals surface area contributed by atoms with E-state index in [-0.39, 0.29) is 11.1 Å². The molecule has 0 saturated carbocycles. The van der Waals surface area contributed by atoms with Crippen molar-refractivity contribution in [1.29, 1.82) is 0 Å². The first-order chi connectivity index (χ1) is 9.54. The van der Waals surface area contributed by atoms with Crippen molar-refractivity contribution in [3.63, 3.8) is 0 Å². The molecule has 2 rings (SSSR count). The Morgan fingerprint density at radius 3 is 2.60 bits per heavy atom. The van der Waals surface area contributed by atoms with Crippen LogP contribution in [0.2, 0.25) is 0 Å². The minimum atomic E-state index is -1.23. The van der Waals surface area contributed by atoms with Gasteiger partial charge < -0.3 is 9.84 Å². The van der Waals surface area contributed by atoms with Crippen LogP contribution in [-0.2, 0) is 0 Å². The molecule has 2 aromatic carbocycles. The van der Waals surface area contributed by atoms with Gasteiger partial charge in [-0.05, 0) is 37.1 Å². The number of aryl methyl sites for hydroxylation is 1.